The molecule has 0 aromatic rings. The Kier molecular flexibility index (Phi) is 4.90. The summed E-state index contributed by atoms with van der Waals surface area (Å²) < 4.78 is 0. The molecule has 0 radical (unpaired) electrons. The second-order valence-corrected chi connectivity index (χ2v) is 2.15. The van der Waals surface area contributed by atoms with Crippen molar-refractivity contribution < 1.29 is 0 Å². The van der Waals surface area contributed by atoms with Crippen molar-refractivity contribution in [1.82, 2.24) is 0 Å². The minimum atomic E-state index is 0.529. The lowest BCUT2D eigenvalue weighted by molar-refractivity contribution is 0.588. The van der Waals surface area contributed by atoms with Crippen LogP contribution in [0.3, 0.4) is 0 Å². The largest absolute Gasteiger partial charge is 0.126 e. The zero-order valence-electron chi connectivity index (χ0n) is 5.15. The minimum Gasteiger partial charge on any atom is -0.126 e. The number of rotatable bonds is 3. The summed E-state index contributed by atoms with van der Waals surface area (Å²) in [5.74, 6) is 3.81. The van der Waals surface area contributed by atoms with Crippen molar-refractivity contribution in [2.75, 3.05) is 5.88 Å². The lowest BCUT2D eigenvalue weighted by Crippen LogP contribution is -1.97. The fraction of sp³-hybridized carbons (Fsp3) is 0.714. The summed E-state index contributed by atoms with van der Waals surface area (Å²) in [6, 6.07) is 0. The van der Waals surface area contributed by atoms with E-state index in [0.717, 1.165) is 12.8 Å². The van der Waals surface area contributed by atoms with E-state index in [9.17, 15) is 0 Å². The van der Waals surface area contributed by atoms with Crippen molar-refractivity contribution in [3.8, 4) is 12.3 Å². The molecule has 0 aromatic heterocycles. The van der Waals surface area contributed by atoms with Crippen LogP contribution in [0.25, 0.3) is 0 Å². The van der Waals surface area contributed by atoms with Crippen LogP contribution in [0.15, 0.2) is 0 Å². The van der Waals surface area contributed by atoms with Crippen molar-refractivity contribution in [3.63, 3.8) is 0 Å². The Morgan fingerprint density at radius 2 is 2.38 bits per heavy atom. The quantitative estimate of drug-likeness (QED) is 0.406. The highest BCUT2D eigenvalue weighted by Crippen LogP contribution is 2.07. The lowest BCUT2D eigenvalue weighted by atomic mass is 10.1. The van der Waals surface area contributed by atoms with Crippen LogP contribution < -0.4 is 0 Å². The molecule has 1 atom stereocenters. The molecule has 0 N–H and O–H groups in total. The summed E-state index contributed by atoms with van der Waals surface area (Å²) in [6.07, 6.45) is 6.98. The van der Waals surface area contributed by atoms with Gasteiger partial charge in [0.1, 0.15) is 0 Å². The standard InChI is InChI=1S/C7H11Cl/c1-3-5-7(4-2)6-8/h1,7H,4-6H2,2H3. The van der Waals surface area contributed by atoms with Gasteiger partial charge in [0, 0.05) is 12.3 Å². The molecule has 0 saturated carbocycles. The molecule has 8 heavy (non-hydrogen) atoms. The van der Waals surface area contributed by atoms with Crippen molar-refractivity contribution in [2.24, 2.45) is 5.92 Å². The maximum atomic E-state index is 5.55. The average Bonchev–Trinajstić information content (AvgIpc) is 1.83. The molecule has 0 heterocycles. The number of alkyl halides is 1. The Labute approximate surface area is 56.2 Å². The van der Waals surface area contributed by atoms with E-state index >= 15 is 0 Å². The molecule has 0 nitrogen and oxygen atoms in total. The molecule has 1 unspecified atom stereocenters. The van der Waals surface area contributed by atoms with Gasteiger partial charge in [0.15, 0.2) is 0 Å². The molecule has 0 spiro atoms. The molecule has 0 rings (SSSR count). The van der Waals surface area contributed by atoms with Crippen LogP contribution in [0, 0.1) is 18.3 Å². The Morgan fingerprint density at radius 1 is 1.75 bits per heavy atom. The highest BCUT2D eigenvalue weighted by Gasteiger charge is 1.99. The lowest BCUT2D eigenvalue weighted by Gasteiger charge is -2.03. The van der Waals surface area contributed by atoms with E-state index in [-0.39, 0.29) is 0 Å². The van der Waals surface area contributed by atoms with Crippen LogP contribution in [-0.2, 0) is 0 Å². The van der Waals surface area contributed by atoms with Gasteiger partial charge < -0.3 is 0 Å². The molecule has 0 fully saturated rings. The number of terminal acetylenes is 1. The number of hydrogen-bond donors (Lipinski definition) is 0. The van der Waals surface area contributed by atoms with Crippen molar-refractivity contribution >= 4 is 11.6 Å². The SMILES string of the molecule is C#CCC(CC)CCl. The summed E-state index contributed by atoms with van der Waals surface area (Å²) in [6.45, 7) is 2.10. The molecule has 46 valence electrons. The summed E-state index contributed by atoms with van der Waals surface area (Å²) in [7, 11) is 0. The smallest absolute Gasteiger partial charge is 0.0260 e. The Bertz CT molecular complexity index is 76.9. The fourth-order valence-electron chi connectivity index (χ4n) is 0.475. The van der Waals surface area contributed by atoms with Crippen LogP contribution in [-0.4, -0.2) is 5.88 Å². The predicted molar refractivity (Wildman–Crippen MR) is 38.0 cm³/mol. The third-order valence-corrected chi connectivity index (χ3v) is 1.64. The molecule has 0 amide bonds. The molecule has 1 heteroatoms. The zero-order chi connectivity index (χ0) is 6.41. The molecule has 0 aliphatic heterocycles. The van der Waals surface area contributed by atoms with E-state index in [2.05, 4.69) is 12.8 Å². The first kappa shape index (κ1) is 7.85. The van der Waals surface area contributed by atoms with Crippen molar-refractivity contribution in [1.29, 1.82) is 0 Å². The van der Waals surface area contributed by atoms with E-state index in [1.807, 2.05) is 0 Å². The maximum Gasteiger partial charge on any atom is 0.0260 e. The van der Waals surface area contributed by atoms with Gasteiger partial charge in [-0.1, -0.05) is 13.3 Å². The van der Waals surface area contributed by atoms with Gasteiger partial charge in [0.2, 0.25) is 0 Å². The van der Waals surface area contributed by atoms with Gasteiger partial charge in [0.25, 0.3) is 0 Å². The Hall–Kier alpha value is -0.150. The normalized spacial score (nSPS) is 12.6. The molecule has 0 aromatic carbocycles. The summed E-state index contributed by atoms with van der Waals surface area (Å²) in [4.78, 5) is 0. The first-order chi connectivity index (χ1) is 3.85. The Morgan fingerprint density at radius 3 is 2.50 bits per heavy atom. The molecular weight excluding hydrogens is 120 g/mol. The fourth-order valence-corrected chi connectivity index (χ4v) is 0.802. The van der Waals surface area contributed by atoms with Gasteiger partial charge in [-0.3, -0.25) is 0 Å². The third-order valence-electron chi connectivity index (χ3n) is 1.20. The van der Waals surface area contributed by atoms with Gasteiger partial charge in [-0.25, -0.2) is 0 Å². The first-order valence-electron chi connectivity index (χ1n) is 2.84. The van der Waals surface area contributed by atoms with Gasteiger partial charge in [-0.05, 0) is 5.92 Å². The second-order valence-electron chi connectivity index (χ2n) is 1.84. The van der Waals surface area contributed by atoms with Gasteiger partial charge in [-0.2, -0.15) is 0 Å². The zero-order valence-corrected chi connectivity index (χ0v) is 5.91. The molecular formula is C7H11Cl. The van der Waals surface area contributed by atoms with Crippen LogP contribution in [0.2, 0.25) is 0 Å². The molecule has 0 saturated heterocycles. The maximum absolute atomic E-state index is 5.55. The molecule has 0 bridgehead atoms. The van der Waals surface area contributed by atoms with Crippen molar-refractivity contribution in [2.45, 2.75) is 19.8 Å². The van der Waals surface area contributed by atoms with E-state index in [0.29, 0.717) is 11.8 Å². The van der Waals surface area contributed by atoms with Gasteiger partial charge in [-0.15, -0.1) is 23.9 Å². The summed E-state index contributed by atoms with van der Waals surface area (Å²) >= 11 is 5.55. The van der Waals surface area contributed by atoms with E-state index in [1.165, 1.54) is 0 Å². The second kappa shape index (κ2) is 5.00. The van der Waals surface area contributed by atoms with Crippen molar-refractivity contribution in [3.05, 3.63) is 0 Å². The molecule has 0 aliphatic carbocycles. The van der Waals surface area contributed by atoms with Crippen LogP contribution in [0.4, 0.5) is 0 Å². The molecule has 0 aliphatic rings. The Balaban J connectivity index is 3.25. The van der Waals surface area contributed by atoms with E-state index in [4.69, 9.17) is 18.0 Å². The predicted octanol–water partition coefficient (Wildman–Crippen LogP) is 2.27. The van der Waals surface area contributed by atoms with Crippen LogP contribution >= 0.6 is 11.6 Å². The summed E-state index contributed by atoms with van der Waals surface area (Å²) in [5.41, 5.74) is 0. The average molecular weight is 131 g/mol. The van der Waals surface area contributed by atoms with Crippen LogP contribution in [0.1, 0.15) is 19.8 Å². The first-order valence-corrected chi connectivity index (χ1v) is 3.38. The minimum absolute atomic E-state index is 0.529. The number of halogens is 1. The number of hydrogen-bond acceptors (Lipinski definition) is 0. The van der Waals surface area contributed by atoms with Gasteiger partial charge in [0.05, 0.1) is 0 Å². The third kappa shape index (κ3) is 2.93. The van der Waals surface area contributed by atoms with Gasteiger partial charge >= 0.3 is 0 Å². The van der Waals surface area contributed by atoms with Crippen LogP contribution in [0.5, 0.6) is 0 Å². The summed E-state index contributed by atoms with van der Waals surface area (Å²) in [5, 5.41) is 0. The topological polar surface area (TPSA) is 0 Å². The van der Waals surface area contributed by atoms with E-state index in [1.54, 1.807) is 0 Å². The highest BCUT2D eigenvalue weighted by atomic mass is 35.5. The van der Waals surface area contributed by atoms with E-state index < -0.39 is 0 Å². The highest BCUT2D eigenvalue weighted by molar-refractivity contribution is 6.18. The monoisotopic (exact) mass is 130 g/mol.